The Labute approximate surface area is 166 Å². The maximum atomic E-state index is 13.3. The van der Waals surface area contributed by atoms with Crippen LogP contribution in [0.5, 0.6) is 0 Å². The molecule has 1 aromatic carbocycles. The predicted octanol–water partition coefficient (Wildman–Crippen LogP) is 3.28. The van der Waals surface area contributed by atoms with Crippen LogP contribution in [0.4, 0.5) is 33.5 Å². The van der Waals surface area contributed by atoms with Crippen LogP contribution in [0.3, 0.4) is 0 Å². The van der Waals surface area contributed by atoms with Crippen molar-refractivity contribution in [1.29, 1.82) is 0 Å². The van der Waals surface area contributed by atoms with E-state index in [-0.39, 0.29) is 23.2 Å². The molecule has 0 spiro atoms. The van der Waals surface area contributed by atoms with Crippen molar-refractivity contribution in [3.8, 4) is 0 Å². The molecule has 1 amide bonds. The minimum absolute atomic E-state index is 0.0214. The lowest BCUT2D eigenvalue weighted by Crippen LogP contribution is -2.38. The van der Waals surface area contributed by atoms with Crippen molar-refractivity contribution in [2.24, 2.45) is 5.92 Å². The smallest absolute Gasteiger partial charge is 0.355 e. The van der Waals surface area contributed by atoms with E-state index in [0.29, 0.717) is 36.3 Å². The zero-order valence-electron chi connectivity index (χ0n) is 15.3. The summed E-state index contributed by atoms with van der Waals surface area (Å²) >= 11 is 0. The summed E-state index contributed by atoms with van der Waals surface area (Å²) in [5, 5.41) is 13.2. The Balaban J connectivity index is 1.42. The number of carbonyl (C=O) groups is 1. The molecule has 0 atom stereocenters. The summed E-state index contributed by atoms with van der Waals surface area (Å²) in [6, 6.07) is 6.04. The summed E-state index contributed by atoms with van der Waals surface area (Å²) in [6.45, 7) is 0.774. The first-order valence-corrected chi connectivity index (χ1v) is 9.03. The number of hydrogen-bond acceptors (Lipinski definition) is 5. The van der Waals surface area contributed by atoms with Crippen LogP contribution >= 0.6 is 0 Å². The van der Waals surface area contributed by atoms with E-state index in [2.05, 4.69) is 20.6 Å². The number of anilines is 2. The second-order valence-electron chi connectivity index (χ2n) is 6.86. The highest BCUT2D eigenvalue weighted by molar-refractivity contribution is 5.92. The van der Waals surface area contributed by atoms with Crippen LogP contribution in [0.25, 0.3) is 5.65 Å². The molecule has 4 rings (SSSR count). The fourth-order valence-corrected chi connectivity index (χ4v) is 3.31. The van der Waals surface area contributed by atoms with Crippen molar-refractivity contribution in [2.45, 2.75) is 19.0 Å². The molecule has 0 saturated carbocycles. The van der Waals surface area contributed by atoms with Gasteiger partial charge in [0.15, 0.2) is 17.3 Å². The molecule has 158 valence electrons. The number of fused-ring (bicyclic) bond motifs is 1. The molecule has 30 heavy (non-hydrogen) atoms. The number of aromatic nitrogens is 4. The first-order chi connectivity index (χ1) is 14.2. The number of halogens is 5. The van der Waals surface area contributed by atoms with Gasteiger partial charge in [0.25, 0.3) is 5.82 Å². The molecule has 7 nitrogen and oxygen atoms in total. The molecule has 2 aromatic heterocycles. The number of piperidine rings is 1. The molecule has 3 aromatic rings. The van der Waals surface area contributed by atoms with E-state index in [1.165, 1.54) is 12.1 Å². The number of alkyl halides is 3. The third kappa shape index (κ3) is 3.89. The van der Waals surface area contributed by atoms with Crippen LogP contribution < -0.4 is 10.2 Å². The van der Waals surface area contributed by atoms with Gasteiger partial charge in [0.1, 0.15) is 5.82 Å². The third-order valence-corrected chi connectivity index (χ3v) is 4.88. The standard InChI is InChI=1S/C18H15F5N6O/c19-12-2-1-11(9-13(12)20)24-16(30)10-5-7-28(8-6-10)15-4-3-14-25-26-17(18(21,22)23)29(14)27-15/h1-4,9-10H,5-8H2,(H,24,30). The Morgan fingerprint density at radius 1 is 1.03 bits per heavy atom. The number of nitrogens with zero attached hydrogens (tertiary/aromatic N) is 5. The fourth-order valence-electron chi connectivity index (χ4n) is 3.31. The lowest BCUT2D eigenvalue weighted by molar-refractivity contribution is -0.146. The molecule has 1 aliphatic rings. The summed E-state index contributed by atoms with van der Waals surface area (Å²) in [5.41, 5.74) is 0.132. The summed E-state index contributed by atoms with van der Waals surface area (Å²) in [4.78, 5) is 14.2. The molecule has 12 heteroatoms. The van der Waals surface area contributed by atoms with Crippen LogP contribution in [-0.2, 0) is 11.0 Å². The SMILES string of the molecule is O=C(Nc1ccc(F)c(F)c1)C1CCN(c2ccc3nnc(C(F)(F)F)n3n2)CC1. The first kappa shape index (κ1) is 20.0. The average Bonchev–Trinajstić information content (AvgIpc) is 3.14. The normalized spacial score (nSPS) is 15.6. The number of nitrogens with one attached hydrogen (secondary N) is 1. The van der Waals surface area contributed by atoms with Crippen LogP contribution in [-0.4, -0.2) is 38.8 Å². The van der Waals surface area contributed by atoms with Crippen LogP contribution in [0, 0.1) is 17.6 Å². The maximum Gasteiger partial charge on any atom is 0.453 e. The van der Waals surface area contributed by atoms with E-state index in [0.717, 1.165) is 12.1 Å². The molecule has 1 saturated heterocycles. The summed E-state index contributed by atoms with van der Waals surface area (Å²) < 4.78 is 66.0. The Bertz CT molecular complexity index is 1090. The molecule has 0 radical (unpaired) electrons. The molecule has 0 unspecified atom stereocenters. The van der Waals surface area contributed by atoms with Gasteiger partial charge in [0.05, 0.1) is 0 Å². The topological polar surface area (TPSA) is 75.4 Å². The largest absolute Gasteiger partial charge is 0.453 e. The second-order valence-corrected chi connectivity index (χ2v) is 6.86. The average molecular weight is 426 g/mol. The number of amides is 1. The molecule has 1 N–H and O–H groups in total. The zero-order chi connectivity index (χ0) is 21.5. The quantitative estimate of drug-likeness (QED) is 0.651. The van der Waals surface area contributed by atoms with Crippen molar-refractivity contribution in [2.75, 3.05) is 23.3 Å². The van der Waals surface area contributed by atoms with Crippen molar-refractivity contribution in [3.05, 3.63) is 47.8 Å². The minimum Gasteiger partial charge on any atom is -0.355 e. The molecular formula is C18H15F5N6O. The predicted molar refractivity (Wildman–Crippen MR) is 95.7 cm³/mol. The van der Waals surface area contributed by atoms with Crippen molar-refractivity contribution in [3.63, 3.8) is 0 Å². The molecule has 0 bridgehead atoms. The number of carbonyl (C=O) groups excluding carboxylic acids is 1. The van der Waals surface area contributed by atoms with Gasteiger partial charge in [-0.2, -0.15) is 17.7 Å². The van der Waals surface area contributed by atoms with Crippen molar-refractivity contribution < 1.29 is 26.7 Å². The summed E-state index contributed by atoms with van der Waals surface area (Å²) in [5.74, 6) is -3.67. The van der Waals surface area contributed by atoms with Gasteiger partial charge in [-0.3, -0.25) is 4.79 Å². The van der Waals surface area contributed by atoms with Gasteiger partial charge in [-0.05, 0) is 37.1 Å². The lowest BCUT2D eigenvalue weighted by Gasteiger charge is -2.32. The third-order valence-electron chi connectivity index (χ3n) is 4.88. The molecule has 3 heterocycles. The van der Waals surface area contributed by atoms with E-state index in [4.69, 9.17) is 0 Å². The van der Waals surface area contributed by atoms with E-state index in [1.54, 1.807) is 11.0 Å². The van der Waals surface area contributed by atoms with Gasteiger partial charge in [-0.25, -0.2) is 8.78 Å². The highest BCUT2D eigenvalue weighted by Gasteiger charge is 2.38. The number of hydrogen-bond donors (Lipinski definition) is 1. The fraction of sp³-hybridized carbons (Fsp3) is 0.333. The Hall–Kier alpha value is -3.31. The summed E-state index contributed by atoms with van der Waals surface area (Å²) in [6.07, 6.45) is -3.84. The van der Waals surface area contributed by atoms with E-state index in [9.17, 15) is 26.7 Å². The van der Waals surface area contributed by atoms with Crippen molar-refractivity contribution in [1.82, 2.24) is 19.8 Å². The Kier molecular flexibility index (Phi) is 5.00. The Morgan fingerprint density at radius 3 is 2.43 bits per heavy atom. The van der Waals surface area contributed by atoms with Crippen LogP contribution in [0.1, 0.15) is 18.7 Å². The number of benzene rings is 1. The second kappa shape index (κ2) is 7.50. The van der Waals surface area contributed by atoms with Gasteiger partial charge in [0, 0.05) is 30.8 Å². The van der Waals surface area contributed by atoms with Gasteiger partial charge >= 0.3 is 6.18 Å². The zero-order valence-corrected chi connectivity index (χ0v) is 15.3. The molecule has 1 fully saturated rings. The maximum absolute atomic E-state index is 13.3. The highest BCUT2D eigenvalue weighted by Crippen LogP contribution is 2.29. The van der Waals surface area contributed by atoms with Crippen LogP contribution in [0.15, 0.2) is 30.3 Å². The van der Waals surface area contributed by atoms with E-state index < -0.39 is 23.6 Å². The van der Waals surface area contributed by atoms with Gasteiger partial charge in [-0.1, -0.05) is 0 Å². The summed E-state index contributed by atoms with van der Waals surface area (Å²) in [7, 11) is 0. The first-order valence-electron chi connectivity index (χ1n) is 9.03. The monoisotopic (exact) mass is 426 g/mol. The number of rotatable bonds is 3. The molecular weight excluding hydrogens is 411 g/mol. The molecule has 1 aliphatic heterocycles. The van der Waals surface area contributed by atoms with Gasteiger partial charge in [-0.15, -0.1) is 15.3 Å². The van der Waals surface area contributed by atoms with Gasteiger partial charge in [0.2, 0.25) is 5.91 Å². The van der Waals surface area contributed by atoms with Gasteiger partial charge < -0.3 is 10.2 Å². The van der Waals surface area contributed by atoms with Crippen molar-refractivity contribution >= 4 is 23.1 Å². The minimum atomic E-state index is -4.68. The Morgan fingerprint density at radius 2 is 1.77 bits per heavy atom. The lowest BCUT2D eigenvalue weighted by atomic mass is 9.96. The van der Waals surface area contributed by atoms with E-state index in [1.807, 2.05) is 0 Å². The van der Waals surface area contributed by atoms with E-state index >= 15 is 0 Å². The molecule has 0 aliphatic carbocycles. The highest BCUT2D eigenvalue weighted by atomic mass is 19.4. The van der Waals surface area contributed by atoms with Crippen LogP contribution in [0.2, 0.25) is 0 Å².